The molecule has 1 aliphatic rings. The van der Waals surface area contributed by atoms with Crippen LogP contribution in [0.15, 0.2) is 0 Å². The van der Waals surface area contributed by atoms with Crippen molar-refractivity contribution in [3.8, 4) is 0 Å². The third-order valence-corrected chi connectivity index (χ3v) is 3.44. The number of unbranched alkanes of at least 4 members (excludes halogenated alkanes) is 2. The highest BCUT2D eigenvalue weighted by Gasteiger charge is 2.18. The second-order valence-corrected chi connectivity index (χ2v) is 5.02. The van der Waals surface area contributed by atoms with Crippen LogP contribution in [-0.2, 0) is 4.79 Å². The summed E-state index contributed by atoms with van der Waals surface area (Å²) in [6.07, 6.45) is 5.89. The average molecular weight is 242 g/mol. The van der Waals surface area contributed by atoms with Crippen LogP contribution in [0.5, 0.6) is 0 Å². The van der Waals surface area contributed by atoms with Gasteiger partial charge < -0.3 is 15.3 Å². The third-order valence-electron chi connectivity index (χ3n) is 3.44. The fourth-order valence-corrected chi connectivity index (χ4v) is 2.26. The molecule has 1 amide bonds. The topological polar surface area (TPSA) is 52.6 Å². The van der Waals surface area contributed by atoms with Gasteiger partial charge in [-0.05, 0) is 51.1 Å². The molecule has 100 valence electrons. The fourth-order valence-electron chi connectivity index (χ4n) is 2.26. The van der Waals surface area contributed by atoms with E-state index in [4.69, 9.17) is 5.11 Å². The van der Waals surface area contributed by atoms with E-state index in [1.165, 1.54) is 12.8 Å². The van der Waals surface area contributed by atoms with Crippen LogP contribution in [0.1, 0.15) is 38.5 Å². The Labute approximate surface area is 104 Å². The van der Waals surface area contributed by atoms with Crippen molar-refractivity contribution >= 4 is 5.91 Å². The zero-order valence-corrected chi connectivity index (χ0v) is 11.0. The van der Waals surface area contributed by atoms with Gasteiger partial charge in [-0.25, -0.2) is 0 Å². The lowest BCUT2D eigenvalue weighted by molar-refractivity contribution is -0.131. The second kappa shape index (κ2) is 8.48. The van der Waals surface area contributed by atoms with Crippen LogP contribution in [0.25, 0.3) is 0 Å². The van der Waals surface area contributed by atoms with Crippen LogP contribution in [0.2, 0.25) is 0 Å². The lowest BCUT2D eigenvalue weighted by Crippen LogP contribution is -2.35. The van der Waals surface area contributed by atoms with E-state index in [1.54, 1.807) is 0 Å². The molecule has 0 aromatic rings. The monoisotopic (exact) mass is 242 g/mol. The van der Waals surface area contributed by atoms with E-state index in [1.807, 2.05) is 11.9 Å². The van der Waals surface area contributed by atoms with E-state index in [-0.39, 0.29) is 12.5 Å². The SMILES string of the molecule is CN(CCCCCO)C(=O)CC1CCCNC1. The molecule has 0 saturated carbocycles. The van der Waals surface area contributed by atoms with Crippen molar-refractivity contribution in [2.24, 2.45) is 5.92 Å². The van der Waals surface area contributed by atoms with E-state index in [2.05, 4.69) is 5.32 Å². The molecule has 4 heteroatoms. The summed E-state index contributed by atoms with van der Waals surface area (Å²) in [7, 11) is 1.89. The lowest BCUT2D eigenvalue weighted by atomic mass is 9.95. The molecule has 1 unspecified atom stereocenters. The number of hydrogen-bond donors (Lipinski definition) is 2. The number of aliphatic hydroxyl groups is 1. The molecule has 0 aliphatic carbocycles. The molecule has 0 aromatic carbocycles. The van der Waals surface area contributed by atoms with Gasteiger partial charge in [-0.1, -0.05) is 0 Å². The maximum absolute atomic E-state index is 11.9. The standard InChI is InChI=1S/C13H26N2O2/c1-15(8-3-2-4-9-16)13(17)10-12-6-5-7-14-11-12/h12,14,16H,2-11H2,1H3. The number of hydrogen-bond acceptors (Lipinski definition) is 3. The molecule has 0 radical (unpaired) electrons. The summed E-state index contributed by atoms with van der Waals surface area (Å²) < 4.78 is 0. The first-order valence-corrected chi connectivity index (χ1v) is 6.79. The van der Waals surface area contributed by atoms with E-state index >= 15 is 0 Å². The number of nitrogens with zero attached hydrogens (tertiary/aromatic N) is 1. The minimum atomic E-state index is 0.255. The van der Waals surface area contributed by atoms with Gasteiger partial charge in [-0.2, -0.15) is 0 Å². The first-order chi connectivity index (χ1) is 8.24. The van der Waals surface area contributed by atoms with Crippen LogP contribution in [-0.4, -0.2) is 49.2 Å². The molecule has 1 atom stereocenters. The predicted molar refractivity (Wildman–Crippen MR) is 68.8 cm³/mol. The summed E-state index contributed by atoms with van der Waals surface area (Å²) >= 11 is 0. The van der Waals surface area contributed by atoms with Crippen LogP contribution in [0, 0.1) is 5.92 Å². The van der Waals surface area contributed by atoms with Gasteiger partial charge in [0.15, 0.2) is 0 Å². The van der Waals surface area contributed by atoms with Gasteiger partial charge in [0.05, 0.1) is 0 Å². The Bertz CT molecular complexity index is 215. The molecule has 2 N–H and O–H groups in total. The van der Waals surface area contributed by atoms with E-state index in [0.717, 1.165) is 38.9 Å². The van der Waals surface area contributed by atoms with Gasteiger partial charge >= 0.3 is 0 Å². The van der Waals surface area contributed by atoms with Crippen LogP contribution in [0.4, 0.5) is 0 Å². The Morgan fingerprint density at radius 1 is 1.41 bits per heavy atom. The fraction of sp³-hybridized carbons (Fsp3) is 0.923. The van der Waals surface area contributed by atoms with Crippen molar-refractivity contribution in [2.45, 2.75) is 38.5 Å². The summed E-state index contributed by atoms with van der Waals surface area (Å²) in [5.41, 5.74) is 0. The maximum atomic E-state index is 11.9. The molecule has 1 rings (SSSR count). The number of nitrogens with one attached hydrogen (secondary N) is 1. The molecule has 0 aromatic heterocycles. The van der Waals surface area contributed by atoms with Crippen molar-refractivity contribution in [2.75, 3.05) is 33.3 Å². The minimum absolute atomic E-state index is 0.255. The molecular weight excluding hydrogens is 216 g/mol. The molecule has 1 heterocycles. The highest BCUT2D eigenvalue weighted by atomic mass is 16.2. The summed E-state index contributed by atoms with van der Waals surface area (Å²) in [4.78, 5) is 13.8. The number of aliphatic hydroxyl groups excluding tert-OH is 1. The molecule has 17 heavy (non-hydrogen) atoms. The number of rotatable bonds is 7. The molecule has 0 spiro atoms. The van der Waals surface area contributed by atoms with E-state index in [9.17, 15) is 4.79 Å². The smallest absolute Gasteiger partial charge is 0.222 e. The van der Waals surface area contributed by atoms with Gasteiger partial charge in [0, 0.05) is 26.6 Å². The van der Waals surface area contributed by atoms with E-state index in [0.29, 0.717) is 12.3 Å². The van der Waals surface area contributed by atoms with Gasteiger partial charge in [0.2, 0.25) is 5.91 Å². The Hall–Kier alpha value is -0.610. The number of carbonyl (C=O) groups excluding carboxylic acids is 1. The molecule has 1 saturated heterocycles. The highest BCUT2D eigenvalue weighted by Crippen LogP contribution is 2.15. The molecular formula is C13H26N2O2. The summed E-state index contributed by atoms with van der Waals surface area (Å²) in [6.45, 7) is 3.16. The number of carbonyl (C=O) groups is 1. The molecule has 0 bridgehead atoms. The van der Waals surface area contributed by atoms with Crippen molar-refractivity contribution in [1.29, 1.82) is 0 Å². The Balaban J connectivity index is 2.12. The van der Waals surface area contributed by atoms with Gasteiger partial charge in [-0.3, -0.25) is 4.79 Å². The van der Waals surface area contributed by atoms with Crippen molar-refractivity contribution < 1.29 is 9.90 Å². The van der Waals surface area contributed by atoms with Crippen molar-refractivity contribution in [1.82, 2.24) is 10.2 Å². The van der Waals surface area contributed by atoms with E-state index < -0.39 is 0 Å². The van der Waals surface area contributed by atoms with Gasteiger partial charge in [0.25, 0.3) is 0 Å². The Morgan fingerprint density at radius 3 is 2.88 bits per heavy atom. The summed E-state index contributed by atoms with van der Waals surface area (Å²) in [5.74, 6) is 0.791. The first-order valence-electron chi connectivity index (χ1n) is 6.79. The Kier molecular flexibility index (Phi) is 7.21. The Morgan fingerprint density at radius 2 is 2.24 bits per heavy atom. The lowest BCUT2D eigenvalue weighted by Gasteiger charge is -2.25. The molecule has 1 fully saturated rings. The van der Waals surface area contributed by atoms with Crippen LogP contribution < -0.4 is 5.32 Å². The minimum Gasteiger partial charge on any atom is -0.396 e. The summed E-state index contributed by atoms with van der Waals surface area (Å²) in [5, 5.41) is 12.0. The zero-order chi connectivity index (χ0) is 12.5. The quantitative estimate of drug-likeness (QED) is 0.655. The predicted octanol–water partition coefficient (Wildman–Crippen LogP) is 0.997. The second-order valence-electron chi connectivity index (χ2n) is 5.02. The number of piperidine rings is 1. The first kappa shape index (κ1) is 14.5. The van der Waals surface area contributed by atoms with Crippen LogP contribution in [0.3, 0.4) is 0 Å². The van der Waals surface area contributed by atoms with Crippen LogP contribution >= 0.6 is 0 Å². The van der Waals surface area contributed by atoms with Gasteiger partial charge in [0.1, 0.15) is 0 Å². The summed E-state index contributed by atoms with van der Waals surface area (Å²) in [6, 6.07) is 0. The highest BCUT2D eigenvalue weighted by molar-refractivity contribution is 5.76. The third kappa shape index (κ3) is 6.03. The van der Waals surface area contributed by atoms with Crippen molar-refractivity contribution in [3.05, 3.63) is 0 Å². The normalized spacial score (nSPS) is 20.2. The maximum Gasteiger partial charge on any atom is 0.222 e. The zero-order valence-electron chi connectivity index (χ0n) is 11.0. The molecule has 1 aliphatic heterocycles. The van der Waals surface area contributed by atoms with Gasteiger partial charge in [-0.15, -0.1) is 0 Å². The average Bonchev–Trinajstić information content (AvgIpc) is 2.35. The molecule has 4 nitrogen and oxygen atoms in total. The number of amides is 1. The largest absolute Gasteiger partial charge is 0.396 e. The van der Waals surface area contributed by atoms with Crippen molar-refractivity contribution in [3.63, 3.8) is 0 Å².